The van der Waals surface area contributed by atoms with Crippen molar-refractivity contribution in [3.63, 3.8) is 0 Å². The van der Waals surface area contributed by atoms with E-state index in [0.29, 0.717) is 62.4 Å². The van der Waals surface area contributed by atoms with Gasteiger partial charge < -0.3 is 28.7 Å². The molecule has 0 spiro atoms. The van der Waals surface area contributed by atoms with Crippen LogP contribution in [-0.4, -0.2) is 69.6 Å². The zero-order valence-electron chi connectivity index (χ0n) is 27.5. The maximum Gasteiger partial charge on any atom is 0.305 e. The molecule has 2 aromatic rings. The van der Waals surface area contributed by atoms with Crippen LogP contribution in [0.2, 0.25) is 0 Å². The van der Waals surface area contributed by atoms with E-state index in [1.807, 2.05) is 32.9 Å². The molecule has 4 rings (SSSR count). The predicted molar refractivity (Wildman–Crippen MR) is 178 cm³/mol. The van der Waals surface area contributed by atoms with Gasteiger partial charge in [-0.15, -0.1) is 17.0 Å². The van der Waals surface area contributed by atoms with Gasteiger partial charge in [0.15, 0.2) is 23.1 Å². The van der Waals surface area contributed by atoms with Crippen molar-refractivity contribution in [2.24, 2.45) is 5.92 Å². The minimum atomic E-state index is -0.686. The second kappa shape index (κ2) is 15.6. The summed E-state index contributed by atoms with van der Waals surface area (Å²) in [7, 11) is 2.76. The van der Waals surface area contributed by atoms with Crippen LogP contribution in [0, 0.1) is 28.5 Å². The summed E-state index contributed by atoms with van der Waals surface area (Å²) >= 11 is 0. The van der Waals surface area contributed by atoms with Crippen molar-refractivity contribution in [3.8, 4) is 23.3 Å². The Hall–Kier alpha value is -3.85. The maximum absolute atomic E-state index is 15.3. The van der Waals surface area contributed by atoms with E-state index >= 15 is 4.39 Å². The molecule has 1 N–H and O–H groups in total. The first-order valence-corrected chi connectivity index (χ1v) is 15.3. The molecule has 2 heterocycles. The molecule has 2 aliphatic heterocycles. The first-order chi connectivity index (χ1) is 21.4. The highest BCUT2D eigenvalue weighted by molar-refractivity contribution is 8.93. The molecule has 0 saturated carbocycles. The Morgan fingerprint density at radius 2 is 1.80 bits per heavy atom. The van der Waals surface area contributed by atoms with Crippen LogP contribution in [0.5, 0.6) is 17.2 Å². The summed E-state index contributed by atoms with van der Waals surface area (Å²) in [5, 5.41) is 18.2. The Morgan fingerprint density at radius 3 is 2.39 bits per heavy atom. The predicted octanol–water partition coefficient (Wildman–Crippen LogP) is 6.20. The molecule has 250 valence electrons. The van der Waals surface area contributed by atoms with E-state index < -0.39 is 11.2 Å². The average Bonchev–Trinajstić information content (AvgIpc) is 3.32. The summed E-state index contributed by atoms with van der Waals surface area (Å²) in [4.78, 5) is 29.5. The van der Waals surface area contributed by atoms with Gasteiger partial charge in [0.2, 0.25) is 0 Å². The lowest BCUT2D eigenvalue weighted by Crippen LogP contribution is -2.34. The van der Waals surface area contributed by atoms with Crippen molar-refractivity contribution in [3.05, 3.63) is 46.3 Å². The molecular formula is C34H44BrFN4O6. The number of ether oxygens (including phenoxy) is 4. The summed E-state index contributed by atoms with van der Waals surface area (Å²) in [6.45, 7) is 9.84. The van der Waals surface area contributed by atoms with E-state index in [4.69, 9.17) is 24.4 Å². The molecule has 1 fully saturated rings. The summed E-state index contributed by atoms with van der Waals surface area (Å²) < 4.78 is 37.2. The number of nitrogens with one attached hydrogen (secondary N) is 1. The van der Waals surface area contributed by atoms with Crippen LogP contribution in [0.4, 0.5) is 10.1 Å². The van der Waals surface area contributed by atoms with Gasteiger partial charge in [-0.2, -0.15) is 5.26 Å². The van der Waals surface area contributed by atoms with Gasteiger partial charge in [0.05, 0.1) is 51.3 Å². The van der Waals surface area contributed by atoms with Gasteiger partial charge in [0.25, 0.3) is 0 Å². The van der Waals surface area contributed by atoms with Crippen molar-refractivity contribution < 1.29 is 32.9 Å². The van der Waals surface area contributed by atoms with E-state index in [2.05, 4.69) is 11.0 Å². The van der Waals surface area contributed by atoms with Crippen molar-refractivity contribution in [2.75, 3.05) is 52.0 Å². The molecule has 0 bridgehead atoms. The molecule has 2 aromatic carbocycles. The van der Waals surface area contributed by atoms with E-state index in [-0.39, 0.29) is 77.1 Å². The van der Waals surface area contributed by atoms with E-state index in [1.54, 1.807) is 17.9 Å². The van der Waals surface area contributed by atoms with Crippen LogP contribution >= 0.6 is 17.0 Å². The lowest BCUT2D eigenvalue weighted by atomic mass is 9.84. The number of Topliss-reactive ketones (excluding diaryl/α,β-unsaturated/α-hetero) is 1. The van der Waals surface area contributed by atoms with Gasteiger partial charge >= 0.3 is 5.97 Å². The number of hydrogen-bond donors (Lipinski definition) is 1. The largest absolute Gasteiger partial charge is 0.493 e. The molecule has 0 atom stereocenters. The number of benzene rings is 2. The Morgan fingerprint density at radius 1 is 1.11 bits per heavy atom. The van der Waals surface area contributed by atoms with Crippen LogP contribution in [-0.2, 0) is 21.5 Å². The van der Waals surface area contributed by atoms with Gasteiger partial charge in [-0.25, -0.2) is 4.39 Å². The number of piperidine rings is 1. The van der Waals surface area contributed by atoms with Gasteiger partial charge in [-0.3, -0.25) is 15.0 Å². The number of halogens is 2. The standard InChI is InChI=1S/C34H43FN4O6.BrH/c1-7-44-28(41)9-8-14-45-31-24(34(2,3)4)15-22(16-25(31)38-12-10-21(18-36)11-13-38)26(40)20-39-19-23-17-27(42-5)32(43-6)30(35)29(23)33(39)37;/h15-17,21,37H,7-14,19-20H2,1-6H3;1H. The molecule has 46 heavy (non-hydrogen) atoms. The third kappa shape index (κ3) is 7.92. The Balaban J connectivity index is 0.00000576. The molecule has 12 heteroatoms. The molecule has 0 aromatic heterocycles. The van der Waals surface area contributed by atoms with Gasteiger partial charge in [-0.1, -0.05) is 20.8 Å². The summed E-state index contributed by atoms with van der Waals surface area (Å²) in [6, 6.07) is 7.67. The molecule has 0 radical (unpaired) electrons. The summed E-state index contributed by atoms with van der Waals surface area (Å²) in [6.07, 6.45) is 2.11. The van der Waals surface area contributed by atoms with Crippen LogP contribution in [0.15, 0.2) is 18.2 Å². The van der Waals surface area contributed by atoms with Gasteiger partial charge in [0.1, 0.15) is 11.6 Å². The maximum atomic E-state index is 15.3. The fourth-order valence-corrected chi connectivity index (χ4v) is 5.82. The number of esters is 1. The number of anilines is 1. The third-order valence-electron chi connectivity index (χ3n) is 8.24. The fraction of sp³-hybridized carbons (Fsp3) is 0.529. The number of nitrogens with zero attached hydrogens (tertiary/aromatic N) is 3. The molecule has 10 nitrogen and oxygen atoms in total. The first kappa shape index (κ1) is 36.6. The normalized spacial score (nSPS) is 14.7. The number of nitriles is 1. The second-order valence-electron chi connectivity index (χ2n) is 12.4. The smallest absolute Gasteiger partial charge is 0.305 e. The van der Waals surface area contributed by atoms with Crippen molar-refractivity contribution in [2.45, 2.75) is 65.3 Å². The minimum absolute atomic E-state index is 0. The van der Waals surface area contributed by atoms with Crippen molar-refractivity contribution in [1.82, 2.24) is 4.90 Å². The van der Waals surface area contributed by atoms with E-state index in [0.717, 1.165) is 11.3 Å². The third-order valence-corrected chi connectivity index (χ3v) is 8.24. The van der Waals surface area contributed by atoms with Gasteiger partial charge in [-0.05, 0) is 55.4 Å². The van der Waals surface area contributed by atoms with Crippen molar-refractivity contribution in [1.29, 1.82) is 10.7 Å². The number of rotatable bonds is 12. The van der Waals surface area contributed by atoms with E-state index in [1.165, 1.54) is 14.2 Å². The van der Waals surface area contributed by atoms with Crippen LogP contribution < -0.4 is 19.1 Å². The van der Waals surface area contributed by atoms with E-state index in [9.17, 15) is 14.9 Å². The van der Waals surface area contributed by atoms with Crippen molar-refractivity contribution >= 4 is 40.3 Å². The highest BCUT2D eigenvalue weighted by Gasteiger charge is 2.34. The highest BCUT2D eigenvalue weighted by atomic mass is 79.9. The molecule has 1 saturated heterocycles. The SMILES string of the molecule is Br.CCOC(=O)CCCOc1c(N2CCC(C#N)CC2)cc(C(=O)CN2Cc3cc(OC)c(OC)c(F)c3C2=N)cc1C(C)(C)C. The number of carbonyl (C=O) groups is 2. The zero-order chi connectivity index (χ0) is 32.9. The number of hydrogen-bond acceptors (Lipinski definition) is 9. The topological polar surface area (TPSA) is 125 Å². The number of ketones is 1. The lowest BCUT2D eigenvalue weighted by Gasteiger charge is -2.35. The molecule has 0 amide bonds. The zero-order valence-corrected chi connectivity index (χ0v) is 29.2. The number of fused-ring (bicyclic) bond motifs is 1. The molecule has 0 unspecified atom stereocenters. The number of carbonyl (C=O) groups excluding carboxylic acids is 2. The van der Waals surface area contributed by atoms with Gasteiger partial charge in [0, 0.05) is 43.1 Å². The van der Waals surface area contributed by atoms with Crippen LogP contribution in [0.3, 0.4) is 0 Å². The number of amidine groups is 1. The average molecular weight is 704 g/mol. The Labute approximate surface area is 281 Å². The molecule has 0 aliphatic carbocycles. The minimum Gasteiger partial charge on any atom is -0.493 e. The Bertz CT molecular complexity index is 1490. The first-order valence-electron chi connectivity index (χ1n) is 15.3. The van der Waals surface area contributed by atoms with Crippen LogP contribution in [0.1, 0.15) is 80.4 Å². The summed E-state index contributed by atoms with van der Waals surface area (Å²) in [5.74, 6) is -0.493. The molecule has 2 aliphatic rings. The highest BCUT2D eigenvalue weighted by Crippen LogP contribution is 2.42. The van der Waals surface area contributed by atoms with Crippen LogP contribution in [0.25, 0.3) is 0 Å². The quantitative estimate of drug-likeness (QED) is 0.156. The molecular weight excluding hydrogens is 659 g/mol. The Kier molecular flexibility index (Phi) is 12.4. The second-order valence-corrected chi connectivity index (χ2v) is 12.4. The lowest BCUT2D eigenvalue weighted by molar-refractivity contribution is -0.143. The monoisotopic (exact) mass is 702 g/mol. The fourth-order valence-electron chi connectivity index (χ4n) is 5.82. The number of methoxy groups -OCH3 is 2. The summed E-state index contributed by atoms with van der Waals surface area (Å²) in [5.41, 5.74) is 2.30.